The molecule has 0 radical (unpaired) electrons. The van der Waals surface area contributed by atoms with Gasteiger partial charge in [-0.1, -0.05) is 28.1 Å². The Morgan fingerprint density at radius 1 is 1.47 bits per heavy atom. The van der Waals surface area contributed by atoms with Crippen molar-refractivity contribution in [2.24, 2.45) is 0 Å². The number of aryl methyl sites for hydroxylation is 1. The van der Waals surface area contributed by atoms with Crippen LogP contribution in [-0.2, 0) is 0 Å². The minimum absolute atomic E-state index is 0.260. The van der Waals surface area contributed by atoms with Gasteiger partial charge in [0.15, 0.2) is 0 Å². The van der Waals surface area contributed by atoms with Crippen LogP contribution in [0.2, 0.25) is 0 Å². The summed E-state index contributed by atoms with van der Waals surface area (Å²) >= 11 is 5.52. The number of thioether (sulfide) groups is 1. The predicted molar refractivity (Wildman–Crippen MR) is 71.3 cm³/mol. The van der Waals surface area contributed by atoms with Crippen molar-refractivity contribution in [2.45, 2.75) is 31.7 Å². The van der Waals surface area contributed by atoms with E-state index >= 15 is 0 Å². The number of halogens is 1. The van der Waals surface area contributed by atoms with Gasteiger partial charge in [0.1, 0.15) is 0 Å². The lowest BCUT2D eigenvalue weighted by Gasteiger charge is -2.19. The Hall–Kier alpha value is 0.01000. The lowest BCUT2D eigenvalue weighted by atomic mass is 10.1. The Bertz CT molecular complexity index is 376. The largest absolute Gasteiger partial charge is 0.296 e. The number of nitrogens with one attached hydrogen (secondary N) is 1. The molecule has 1 heterocycles. The summed E-state index contributed by atoms with van der Waals surface area (Å²) in [5.41, 5.74) is 2.95. The number of hydrogen-bond acceptors (Lipinski definition) is 2. The summed E-state index contributed by atoms with van der Waals surface area (Å²) in [6.07, 6.45) is 0. The summed E-state index contributed by atoms with van der Waals surface area (Å²) in [7, 11) is 0. The van der Waals surface area contributed by atoms with E-state index in [4.69, 9.17) is 0 Å². The molecule has 1 unspecified atom stereocenters. The maximum atomic E-state index is 3.64. The van der Waals surface area contributed by atoms with Crippen molar-refractivity contribution in [3.05, 3.63) is 33.8 Å². The Morgan fingerprint density at radius 3 is 2.73 bits per heavy atom. The molecule has 1 atom stereocenters. The molecule has 82 valence electrons. The third kappa shape index (κ3) is 2.58. The van der Waals surface area contributed by atoms with E-state index in [0.717, 1.165) is 0 Å². The van der Waals surface area contributed by atoms with Crippen molar-refractivity contribution in [2.75, 3.05) is 5.75 Å². The van der Waals surface area contributed by atoms with Crippen LogP contribution in [0, 0.1) is 6.92 Å². The molecular formula is C12H16BrNS. The minimum atomic E-state index is 0.260. The average molecular weight is 286 g/mol. The maximum Gasteiger partial charge on any atom is 0.0794 e. The second-order valence-corrected chi connectivity index (χ2v) is 6.68. The predicted octanol–water partition coefficient (Wildman–Crippen LogP) is 3.87. The monoisotopic (exact) mass is 285 g/mol. The van der Waals surface area contributed by atoms with Crippen LogP contribution in [0.25, 0.3) is 0 Å². The molecule has 0 spiro atoms. The van der Waals surface area contributed by atoms with Crippen molar-refractivity contribution in [1.82, 2.24) is 5.32 Å². The fourth-order valence-corrected chi connectivity index (χ4v) is 3.40. The molecule has 0 aliphatic carbocycles. The van der Waals surface area contributed by atoms with Crippen molar-refractivity contribution in [3.63, 3.8) is 0 Å². The second kappa shape index (κ2) is 4.11. The Morgan fingerprint density at radius 2 is 2.20 bits per heavy atom. The van der Waals surface area contributed by atoms with Crippen LogP contribution in [0.15, 0.2) is 22.7 Å². The first-order valence-electron chi connectivity index (χ1n) is 5.13. The molecule has 15 heavy (non-hydrogen) atoms. The Kier molecular flexibility index (Phi) is 3.15. The highest BCUT2D eigenvalue weighted by Gasteiger charge is 2.31. The highest BCUT2D eigenvalue weighted by molar-refractivity contribution is 9.10. The molecule has 1 saturated heterocycles. The van der Waals surface area contributed by atoms with Crippen LogP contribution in [0.1, 0.15) is 30.3 Å². The summed E-state index contributed by atoms with van der Waals surface area (Å²) in [6.45, 7) is 6.65. The Labute approximate surface area is 104 Å². The van der Waals surface area contributed by atoms with E-state index in [2.05, 4.69) is 60.2 Å². The lowest BCUT2D eigenvalue weighted by molar-refractivity contribution is 0.452. The standard InChI is InChI=1S/C12H16BrNS/c1-8-6-9(4-5-10(8)13)11-14-12(2,3)7-15-11/h4-6,11,14H,7H2,1-3H3. The molecule has 1 aromatic rings. The molecule has 1 nitrogen and oxygen atoms in total. The van der Waals surface area contributed by atoms with Gasteiger partial charge in [-0.15, -0.1) is 11.8 Å². The molecule has 1 aliphatic heterocycles. The van der Waals surface area contributed by atoms with Crippen molar-refractivity contribution in [1.29, 1.82) is 0 Å². The first kappa shape index (κ1) is 11.5. The zero-order chi connectivity index (χ0) is 11.1. The Balaban J connectivity index is 2.21. The van der Waals surface area contributed by atoms with Crippen molar-refractivity contribution in [3.8, 4) is 0 Å². The quantitative estimate of drug-likeness (QED) is 0.841. The average Bonchev–Trinajstić information content (AvgIpc) is 2.51. The molecule has 1 fully saturated rings. The van der Waals surface area contributed by atoms with Crippen LogP contribution in [-0.4, -0.2) is 11.3 Å². The van der Waals surface area contributed by atoms with E-state index in [1.807, 2.05) is 11.8 Å². The van der Waals surface area contributed by atoms with Crippen LogP contribution >= 0.6 is 27.7 Å². The third-order valence-electron chi connectivity index (χ3n) is 2.62. The van der Waals surface area contributed by atoms with Crippen LogP contribution < -0.4 is 5.32 Å². The summed E-state index contributed by atoms with van der Waals surface area (Å²) in [5.74, 6) is 1.17. The smallest absolute Gasteiger partial charge is 0.0794 e. The summed E-state index contributed by atoms with van der Waals surface area (Å²) in [6, 6.07) is 6.59. The number of benzene rings is 1. The molecule has 0 aromatic heterocycles. The first-order valence-corrected chi connectivity index (χ1v) is 6.97. The van der Waals surface area contributed by atoms with E-state index in [9.17, 15) is 0 Å². The van der Waals surface area contributed by atoms with Gasteiger partial charge in [-0.25, -0.2) is 0 Å². The van der Waals surface area contributed by atoms with E-state index in [1.54, 1.807) is 0 Å². The molecule has 1 aromatic carbocycles. The number of hydrogen-bond donors (Lipinski definition) is 1. The maximum absolute atomic E-state index is 3.64. The highest BCUT2D eigenvalue weighted by Crippen LogP contribution is 2.37. The van der Waals surface area contributed by atoms with Crippen LogP contribution in [0.3, 0.4) is 0 Å². The first-order chi connectivity index (χ1) is 6.98. The molecule has 1 aliphatic rings. The van der Waals surface area contributed by atoms with Gasteiger partial charge in [-0.2, -0.15) is 0 Å². The van der Waals surface area contributed by atoms with Crippen molar-refractivity contribution < 1.29 is 0 Å². The van der Waals surface area contributed by atoms with Gasteiger partial charge in [0.25, 0.3) is 0 Å². The zero-order valence-corrected chi connectivity index (χ0v) is 11.7. The van der Waals surface area contributed by atoms with Gasteiger partial charge in [0.05, 0.1) is 5.37 Å². The second-order valence-electron chi connectivity index (χ2n) is 4.73. The van der Waals surface area contributed by atoms with Gasteiger partial charge in [0, 0.05) is 15.8 Å². The SMILES string of the molecule is Cc1cc(C2NC(C)(C)CS2)ccc1Br. The molecular weight excluding hydrogens is 270 g/mol. The normalized spacial score (nSPS) is 24.4. The topological polar surface area (TPSA) is 12.0 Å². The van der Waals surface area contributed by atoms with Crippen LogP contribution in [0.5, 0.6) is 0 Å². The molecule has 0 bridgehead atoms. The van der Waals surface area contributed by atoms with E-state index in [1.165, 1.54) is 21.4 Å². The van der Waals surface area contributed by atoms with Gasteiger partial charge < -0.3 is 0 Å². The van der Waals surface area contributed by atoms with Gasteiger partial charge in [0.2, 0.25) is 0 Å². The molecule has 3 heteroatoms. The summed E-state index contributed by atoms with van der Waals surface area (Å²) in [4.78, 5) is 0. The fraction of sp³-hybridized carbons (Fsp3) is 0.500. The molecule has 1 N–H and O–H groups in total. The van der Waals surface area contributed by atoms with E-state index < -0.39 is 0 Å². The zero-order valence-electron chi connectivity index (χ0n) is 9.30. The minimum Gasteiger partial charge on any atom is -0.296 e. The van der Waals surface area contributed by atoms with Crippen LogP contribution in [0.4, 0.5) is 0 Å². The van der Waals surface area contributed by atoms with Crippen molar-refractivity contribution >= 4 is 27.7 Å². The fourth-order valence-electron chi connectivity index (χ4n) is 1.74. The van der Waals surface area contributed by atoms with E-state index in [-0.39, 0.29) is 5.54 Å². The molecule has 0 saturated carbocycles. The lowest BCUT2D eigenvalue weighted by Crippen LogP contribution is -2.35. The number of rotatable bonds is 1. The van der Waals surface area contributed by atoms with Gasteiger partial charge in [-0.05, 0) is 38.0 Å². The summed E-state index contributed by atoms with van der Waals surface area (Å²) < 4.78 is 1.19. The van der Waals surface area contributed by atoms with E-state index in [0.29, 0.717) is 5.37 Å². The summed E-state index contributed by atoms with van der Waals surface area (Å²) in [5, 5.41) is 4.09. The highest BCUT2D eigenvalue weighted by atomic mass is 79.9. The molecule has 2 rings (SSSR count). The molecule has 0 amide bonds. The van der Waals surface area contributed by atoms with Gasteiger partial charge in [-0.3, -0.25) is 5.32 Å². The van der Waals surface area contributed by atoms with Gasteiger partial charge >= 0.3 is 0 Å². The third-order valence-corrected chi connectivity index (χ3v) is 5.12.